The highest BCUT2D eigenvalue weighted by Crippen LogP contribution is 2.25. The minimum atomic E-state index is 0.264. The molecular formula is C12H18O2S. The van der Waals surface area contributed by atoms with Crippen LogP contribution in [-0.4, -0.2) is 24.1 Å². The van der Waals surface area contributed by atoms with Crippen molar-refractivity contribution in [3.8, 4) is 5.75 Å². The summed E-state index contributed by atoms with van der Waals surface area (Å²) in [6.07, 6.45) is 0.847. The van der Waals surface area contributed by atoms with Gasteiger partial charge in [-0.1, -0.05) is 25.1 Å². The van der Waals surface area contributed by atoms with E-state index < -0.39 is 0 Å². The van der Waals surface area contributed by atoms with E-state index >= 15 is 0 Å². The lowest BCUT2D eigenvalue weighted by molar-refractivity contribution is 0.289. The van der Waals surface area contributed by atoms with Crippen LogP contribution < -0.4 is 4.74 Å². The van der Waals surface area contributed by atoms with Gasteiger partial charge >= 0.3 is 0 Å². The second-order valence-corrected chi connectivity index (χ2v) is 4.87. The molecule has 0 bridgehead atoms. The van der Waals surface area contributed by atoms with Gasteiger partial charge in [0.1, 0.15) is 5.75 Å². The van der Waals surface area contributed by atoms with Gasteiger partial charge < -0.3 is 9.84 Å². The molecule has 0 aromatic heterocycles. The van der Waals surface area contributed by atoms with Crippen molar-refractivity contribution < 1.29 is 9.84 Å². The summed E-state index contributed by atoms with van der Waals surface area (Å²) in [7, 11) is 1.70. The summed E-state index contributed by atoms with van der Waals surface area (Å²) in [6, 6.07) is 8.06. The summed E-state index contributed by atoms with van der Waals surface area (Å²) < 4.78 is 5.27. The molecule has 0 aliphatic rings. The number of aliphatic hydroxyl groups is 1. The molecule has 1 aromatic carbocycles. The van der Waals surface area contributed by atoms with Crippen molar-refractivity contribution in [1.29, 1.82) is 0 Å². The van der Waals surface area contributed by atoms with Crippen molar-refractivity contribution in [2.75, 3.05) is 13.7 Å². The number of methoxy groups -OCH3 is 1. The Morgan fingerprint density at radius 3 is 2.80 bits per heavy atom. The van der Waals surface area contributed by atoms with E-state index in [2.05, 4.69) is 13.0 Å². The third-order valence-corrected chi connectivity index (χ3v) is 3.53. The van der Waals surface area contributed by atoms with Gasteiger partial charge in [-0.15, -0.1) is 0 Å². The Morgan fingerprint density at radius 2 is 2.13 bits per heavy atom. The molecule has 0 aliphatic heterocycles. The van der Waals surface area contributed by atoms with Crippen LogP contribution in [0, 0.1) is 0 Å². The first kappa shape index (κ1) is 12.4. The molecule has 1 atom stereocenters. The number of aliphatic hydroxyl groups excluding tert-OH is 1. The quantitative estimate of drug-likeness (QED) is 0.808. The molecule has 0 fully saturated rings. The van der Waals surface area contributed by atoms with Gasteiger partial charge in [-0.25, -0.2) is 0 Å². The van der Waals surface area contributed by atoms with E-state index in [9.17, 15) is 0 Å². The minimum absolute atomic E-state index is 0.264. The predicted molar refractivity (Wildman–Crippen MR) is 65.5 cm³/mol. The highest BCUT2D eigenvalue weighted by atomic mass is 32.2. The standard InChI is InChI=1S/C12H18O2S/c1-10(7-8-13)15-9-11-5-3-4-6-12(11)14-2/h3-6,10,13H,7-9H2,1-2H3. The molecule has 3 heteroatoms. The second-order valence-electron chi connectivity index (χ2n) is 3.45. The Kier molecular flexibility index (Phi) is 5.58. The maximum Gasteiger partial charge on any atom is 0.122 e. The van der Waals surface area contributed by atoms with E-state index in [4.69, 9.17) is 9.84 Å². The van der Waals surface area contributed by atoms with Crippen molar-refractivity contribution in [3.05, 3.63) is 29.8 Å². The fraction of sp³-hybridized carbons (Fsp3) is 0.500. The van der Waals surface area contributed by atoms with Crippen LogP contribution in [0.15, 0.2) is 24.3 Å². The first-order valence-electron chi connectivity index (χ1n) is 5.12. The van der Waals surface area contributed by atoms with Crippen LogP contribution in [0.2, 0.25) is 0 Å². The molecule has 84 valence electrons. The zero-order chi connectivity index (χ0) is 11.1. The van der Waals surface area contributed by atoms with E-state index in [1.807, 2.05) is 30.0 Å². The molecule has 0 saturated heterocycles. The highest BCUT2D eigenvalue weighted by Gasteiger charge is 2.05. The van der Waals surface area contributed by atoms with Gasteiger partial charge in [-0.05, 0) is 12.5 Å². The van der Waals surface area contributed by atoms with Gasteiger partial charge in [0.15, 0.2) is 0 Å². The number of para-hydroxylation sites is 1. The van der Waals surface area contributed by atoms with Crippen molar-refractivity contribution in [2.45, 2.75) is 24.3 Å². The third-order valence-electron chi connectivity index (χ3n) is 2.25. The first-order valence-corrected chi connectivity index (χ1v) is 6.17. The van der Waals surface area contributed by atoms with E-state index in [1.165, 1.54) is 5.56 Å². The Balaban J connectivity index is 2.49. The second kappa shape index (κ2) is 6.75. The van der Waals surface area contributed by atoms with Crippen LogP contribution in [0.1, 0.15) is 18.9 Å². The number of ether oxygens (including phenoxy) is 1. The lowest BCUT2D eigenvalue weighted by atomic mass is 10.2. The molecule has 0 radical (unpaired) electrons. The van der Waals surface area contributed by atoms with Gasteiger partial charge in [0.25, 0.3) is 0 Å². The summed E-state index contributed by atoms with van der Waals surface area (Å²) in [5, 5.41) is 9.28. The average Bonchev–Trinajstić information content (AvgIpc) is 2.27. The summed E-state index contributed by atoms with van der Waals surface area (Å²) in [4.78, 5) is 0. The number of thioether (sulfide) groups is 1. The number of hydrogen-bond acceptors (Lipinski definition) is 3. The molecular weight excluding hydrogens is 208 g/mol. The molecule has 0 saturated carbocycles. The van der Waals surface area contributed by atoms with Crippen LogP contribution in [0.4, 0.5) is 0 Å². The van der Waals surface area contributed by atoms with Crippen molar-refractivity contribution in [3.63, 3.8) is 0 Å². The zero-order valence-electron chi connectivity index (χ0n) is 9.27. The topological polar surface area (TPSA) is 29.5 Å². The molecule has 1 aromatic rings. The Bertz CT molecular complexity index is 289. The van der Waals surface area contributed by atoms with Gasteiger partial charge in [0, 0.05) is 23.2 Å². The molecule has 0 amide bonds. The van der Waals surface area contributed by atoms with Crippen LogP contribution in [0.25, 0.3) is 0 Å². The lowest BCUT2D eigenvalue weighted by Crippen LogP contribution is -2.00. The highest BCUT2D eigenvalue weighted by molar-refractivity contribution is 7.99. The lowest BCUT2D eigenvalue weighted by Gasteiger charge is -2.11. The molecule has 0 aliphatic carbocycles. The third kappa shape index (κ3) is 4.14. The Labute approximate surface area is 95.7 Å². The first-order chi connectivity index (χ1) is 7.27. The van der Waals surface area contributed by atoms with E-state index in [-0.39, 0.29) is 6.61 Å². The Hall–Kier alpha value is -0.670. The predicted octanol–water partition coefficient (Wildman–Crippen LogP) is 2.70. The van der Waals surface area contributed by atoms with Crippen LogP contribution in [0.3, 0.4) is 0 Å². The van der Waals surface area contributed by atoms with Gasteiger partial charge in [0.2, 0.25) is 0 Å². The summed E-state index contributed by atoms with van der Waals surface area (Å²) in [5.74, 6) is 1.88. The van der Waals surface area contributed by atoms with Gasteiger partial charge in [-0.3, -0.25) is 0 Å². The van der Waals surface area contributed by atoms with Crippen molar-refractivity contribution >= 4 is 11.8 Å². The molecule has 2 nitrogen and oxygen atoms in total. The summed E-state index contributed by atoms with van der Waals surface area (Å²) in [5.41, 5.74) is 1.22. The monoisotopic (exact) mass is 226 g/mol. The number of benzene rings is 1. The van der Waals surface area contributed by atoms with E-state index in [0.717, 1.165) is 17.9 Å². The maximum atomic E-state index is 8.80. The van der Waals surface area contributed by atoms with Gasteiger partial charge in [0.05, 0.1) is 7.11 Å². The normalized spacial score (nSPS) is 12.5. The number of rotatable bonds is 6. The Morgan fingerprint density at radius 1 is 1.40 bits per heavy atom. The van der Waals surface area contributed by atoms with Crippen LogP contribution >= 0.6 is 11.8 Å². The molecule has 1 N–H and O–H groups in total. The van der Waals surface area contributed by atoms with Gasteiger partial charge in [-0.2, -0.15) is 11.8 Å². The number of hydrogen-bond donors (Lipinski definition) is 1. The fourth-order valence-corrected chi connectivity index (χ4v) is 2.29. The van der Waals surface area contributed by atoms with Crippen molar-refractivity contribution in [2.24, 2.45) is 0 Å². The van der Waals surface area contributed by atoms with Crippen LogP contribution in [0.5, 0.6) is 5.75 Å². The molecule has 1 rings (SSSR count). The summed E-state index contributed by atoms with van der Waals surface area (Å²) in [6.45, 7) is 2.40. The van der Waals surface area contributed by atoms with E-state index in [0.29, 0.717) is 5.25 Å². The largest absolute Gasteiger partial charge is 0.496 e. The molecule has 1 unspecified atom stereocenters. The van der Waals surface area contributed by atoms with E-state index in [1.54, 1.807) is 7.11 Å². The minimum Gasteiger partial charge on any atom is -0.496 e. The van der Waals surface area contributed by atoms with Crippen LogP contribution in [-0.2, 0) is 5.75 Å². The van der Waals surface area contributed by atoms with Crippen molar-refractivity contribution in [1.82, 2.24) is 0 Å². The average molecular weight is 226 g/mol. The summed E-state index contributed by atoms with van der Waals surface area (Å²) >= 11 is 1.84. The maximum absolute atomic E-state index is 8.80. The molecule has 0 spiro atoms. The fourth-order valence-electron chi connectivity index (χ4n) is 1.32. The smallest absolute Gasteiger partial charge is 0.122 e. The molecule has 15 heavy (non-hydrogen) atoms. The molecule has 0 heterocycles. The SMILES string of the molecule is COc1ccccc1CSC(C)CCO. The zero-order valence-corrected chi connectivity index (χ0v) is 10.1.